The summed E-state index contributed by atoms with van der Waals surface area (Å²) in [6, 6.07) is 12.0. The molecular weight excluding hydrogens is 549 g/mol. The predicted molar refractivity (Wildman–Crippen MR) is 130 cm³/mol. The Morgan fingerprint density at radius 2 is 1.70 bits per heavy atom. The van der Waals surface area contributed by atoms with Crippen LogP contribution in [-0.2, 0) is 13.1 Å². The molecule has 1 heterocycles. The molecule has 3 N–H and O–H groups in total. The van der Waals surface area contributed by atoms with Gasteiger partial charge in [0.05, 0.1) is 20.8 Å². The van der Waals surface area contributed by atoms with Crippen LogP contribution in [-0.4, -0.2) is 49.0 Å². The Morgan fingerprint density at radius 3 is 2.33 bits per heavy atom. The fourth-order valence-electron chi connectivity index (χ4n) is 2.84. The maximum atomic E-state index is 12.7. The van der Waals surface area contributed by atoms with Crippen molar-refractivity contribution in [2.45, 2.75) is 19.7 Å². The van der Waals surface area contributed by atoms with E-state index in [1.807, 2.05) is 24.3 Å². The molecule has 0 unspecified atom stereocenters. The number of nitrogens with one attached hydrogen (secondary N) is 3. The minimum Gasteiger partial charge on any atom is -0.497 e. The van der Waals surface area contributed by atoms with E-state index in [1.54, 1.807) is 26.3 Å². The van der Waals surface area contributed by atoms with E-state index in [9.17, 15) is 8.78 Å². The summed E-state index contributed by atoms with van der Waals surface area (Å²) in [6.07, 6.45) is 0. The van der Waals surface area contributed by atoms with Crippen molar-refractivity contribution in [1.29, 1.82) is 0 Å². The number of hydrogen-bond acceptors (Lipinski definition) is 6. The molecule has 0 radical (unpaired) electrons. The van der Waals surface area contributed by atoms with Gasteiger partial charge in [0.1, 0.15) is 23.1 Å². The van der Waals surface area contributed by atoms with Crippen molar-refractivity contribution in [3.05, 3.63) is 53.9 Å². The zero-order valence-electron chi connectivity index (χ0n) is 18.3. The van der Waals surface area contributed by atoms with Crippen molar-refractivity contribution in [3.63, 3.8) is 0 Å². The van der Waals surface area contributed by atoms with Crippen molar-refractivity contribution < 1.29 is 23.0 Å². The second-order valence-electron chi connectivity index (χ2n) is 6.47. The molecule has 0 saturated carbocycles. The van der Waals surface area contributed by atoms with Crippen LogP contribution in [0.3, 0.4) is 0 Å². The topological polar surface area (TPSA) is 106 Å². The van der Waals surface area contributed by atoms with Crippen LogP contribution in [0.1, 0.15) is 11.4 Å². The average molecular weight is 574 g/mol. The number of aliphatic imine (C=N–C) groups is 1. The van der Waals surface area contributed by atoms with E-state index in [0.717, 1.165) is 11.3 Å². The third kappa shape index (κ3) is 7.44. The van der Waals surface area contributed by atoms with Crippen LogP contribution < -0.4 is 24.8 Å². The number of hydrogen-bond donors (Lipinski definition) is 3. The lowest BCUT2D eigenvalue weighted by atomic mass is 10.2. The molecule has 1 aromatic heterocycles. The zero-order valence-corrected chi connectivity index (χ0v) is 20.6. The number of alkyl halides is 2. The zero-order chi connectivity index (χ0) is 22.9. The summed E-state index contributed by atoms with van der Waals surface area (Å²) in [6.45, 7) is -2.42. The second-order valence-corrected chi connectivity index (χ2v) is 6.47. The number of ether oxygens (including phenoxy) is 3. The first-order chi connectivity index (χ1) is 15.5. The standard InChI is InChI=1S/C21H24F2N6O3.HI/c1-24-21(25-11-14-10-16(31-3)8-9-17(14)32-20(22)23)26-12-18-27-19(29-28-18)13-4-6-15(30-2)7-5-13;/h4-10,20H,11-12H2,1-3H3,(H2,24,25,26)(H,27,28,29);1H. The highest BCUT2D eigenvalue weighted by Gasteiger charge is 2.12. The molecule has 3 rings (SSSR count). The SMILES string of the molecule is CN=C(NCc1nc(-c2ccc(OC)cc2)n[nH]1)NCc1cc(OC)ccc1OC(F)F.I. The molecule has 3 aromatic rings. The van der Waals surface area contributed by atoms with E-state index in [2.05, 4.69) is 35.5 Å². The number of aromatic nitrogens is 3. The summed E-state index contributed by atoms with van der Waals surface area (Å²) in [4.78, 5) is 8.59. The number of nitrogens with zero attached hydrogens (tertiary/aromatic N) is 3. The summed E-state index contributed by atoms with van der Waals surface area (Å²) in [5.41, 5.74) is 1.34. The minimum absolute atomic E-state index is 0. The number of methoxy groups -OCH3 is 2. The van der Waals surface area contributed by atoms with E-state index < -0.39 is 6.61 Å². The van der Waals surface area contributed by atoms with Crippen LogP contribution in [0.2, 0.25) is 0 Å². The highest BCUT2D eigenvalue weighted by Crippen LogP contribution is 2.25. The van der Waals surface area contributed by atoms with Crippen molar-refractivity contribution in [2.24, 2.45) is 4.99 Å². The van der Waals surface area contributed by atoms with Gasteiger partial charge in [-0.2, -0.15) is 13.9 Å². The maximum absolute atomic E-state index is 12.7. The summed E-state index contributed by atoms with van der Waals surface area (Å²) in [5, 5.41) is 13.2. The molecule has 0 fully saturated rings. The van der Waals surface area contributed by atoms with Gasteiger partial charge in [-0.05, 0) is 42.5 Å². The van der Waals surface area contributed by atoms with Crippen LogP contribution in [0.25, 0.3) is 11.4 Å². The molecule has 0 aliphatic carbocycles. The molecule has 0 bridgehead atoms. The molecule has 12 heteroatoms. The lowest BCUT2D eigenvalue weighted by Crippen LogP contribution is -2.36. The normalized spacial score (nSPS) is 11.0. The number of halogens is 3. The number of guanidine groups is 1. The quantitative estimate of drug-likeness (QED) is 0.204. The van der Waals surface area contributed by atoms with Crippen molar-refractivity contribution in [1.82, 2.24) is 25.8 Å². The van der Waals surface area contributed by atoms with E-state index in [1.165, 1.54) is 13.2 Å². The molecule has 0 atom stereocenters. The Labute approximate surface area is 207 Å². The third-order valence-corrected chi connectivity index (χ3v) is 4.46. The van der Waals surface area contributed by atoms with Gasteiger partial charge in [-0.15, -0.1) is 24.0 Å². The Morgan fingerprint density at radius 1 is 1.03 bits per heavy atom. The van der Waals surface area contributed by atoms with Crippen LogP contribution >= 0.6 is 24.0 Å². The minimum atomic E-state index is -2.93. The average Bonchev–Trinajstić information content (AvgIpc) is 3.28. The molecule has 2 aromatic carbocycles. The molecule has 9 nitrogen and oxygen atoms in total. The number of benzene rings is 2. The van der Waals surface area contributed by atoms with Gasteiger partial charge in [0.15, 0.2) is 11.8 Å². The molecule has 0 saturated heterocycles. The molecule has 0 spiro atoms. The smallest absolute Gasteiger partial charge is 0.387 e. The predicted octanol–water partition coefficient (Wildman–Crippen LogP) is 3.57. The van der Waals surface area contributed by atoms with Gasteiger partial charge in [-0.3, -0.25) is 10.1 Å². The Kier molecular flexibility index (Phi) is 10.1. The van der Waals surface area contributed by atoms with Gasteiger partial charge in [0.2, 0.25) is 0 Å². The highest BCUT2D eigenvalue weighted by molar-refractivity contribution is 14.0. The van der Waals surface area contributed by atoms with Gasteiger partial charge < -0.3 is 24.8 Å². The van der Waals surface area contributed by atoms with E-state index >= 15 is 0 Å². The first-order valence-electron chi connectivity index (χ1n) is 9.64. The number of rotatable bonds is 9. The number of aromatic amines is 1. The third-order valence-electron chi connectivity index (χ3n) is 4.46. The number of H-pyrrole nitrogens is 1. The van der Waals surface area contributed by atoms with Crippen molar-refractivity contribution in [3.8, 4) is 28.6 Å². The van der Waals surface area contributed by atoms with Crippen LogP contribution in [0.5, 0.6) is 17.2 Å². The summed E-state index contributed by atoms with van der Waals surface area (Å²) >= 11 is 0. The highest BCUT2D eigenvalue weighted by atomic mass is 127. The molecular formula is C21H25F2IN6O3. The van der Waals surface area contributed by atoms with Crippen molar-refractivity contribution >= 4 is 29.9 Å². The lowest BCUT2D eigenvalue weighted by Gasteiger charge is -2.15. The summed E-state index contributed by atoms with van der Waals surface area (Å²) in [7, 11) is 4.70. The molecule has 0 aliphatic rings. The fourth-order valence-corrected chi connectivity index (χ4v) is 2.84. The van der Waals surface area contributed by atoms with E-state index in [0.29, 0.717) is 35.5 Å². The first-order valence-corrected chi connectivity index (χ1v) is 9.64. The lowest BCUT2D eigenvalue weighted by molar-refractivity contribution is -0.0505. The monoisotopic (exact) mass is 574 g/mol. The first kappa shape index (κ1) is 26.1. The Hall–Kier alpha value is -3.16. The largest absolute Gasteiger partial charge is 0.497 e. The van der Waals surface area contributed by atoms with Gasteiger partial charge in [0, 0.05) is 24.7 Å². The Balaban J connectivity index is 0.00000385. The van der Waals surface area contributed by atoms with Crippen LogP contribution in [0, 0.1) is 0 Å². The summed E-state index contributed by atoms with van der Waals surface area (Å²) < 4.78 is 40.3. The fraction of sp³-hybridized carbons (Fsp3) is 0.286. The van der Waals surface area contributed by atoms with Crippen molar-refractivity contribution in [2.75, 3.05) is 21.3 Å². The van der Waals surface area contributed by atoms with E-state index in [-0.39, 0.29) is 36.3 Å². The van der Waals surface area contributed by atoms with Gasteiger partial charge in [-0.25, -0.2) is 4.98 Å². The molecule has 0 aliphatic heterocycles. The van der Waals surface area contributed by atoms with Gasteiger partial charge in [0.25, 0.3) is 0 Å². The van der Waals surface area contributed by atoms with Crippen LogP contribution in [0.15, 0.2) is 47.5 Å². The summed E-state index contributed by atoms with van der Waals surface area (Å²) in [5.74, 6) is 2.93. The maximum Gasteiger partial charge on any atom is 0.387 e. The van der Waals surface area contributed by atoms with Gasteiger partial charge >= 0.3 is 6.61 Å². The molecule has 0 amide bonds. The van der Waals surface area contributed by atoms with Gasteiger partial charge in [-0.1, -0.05) is 0 Å². The second kappa shape index (κ2) is 12.8. The molecule has 33 heavy (non-hydrogen) atoms. The molecule has 178 valence electrons. The van der Waals surface area contributed by atoms with E-state index in [4.69, 9.17) is 9.47 Å². The Bertz CT molecular complexity index is 1050. The van der Waals surface area contributed by atoms with Crippen LogP contribution in [0.4, 0.5) is 8.78 Å².